The van der Waals surface area contributed by atoms with Gasteiger partial charge in [-0.25, -0.2) is 0 Å². The van der Waals surface area contributed by atoms with Gasteiger partial charge in [0, 0.05) is 26.2 Å². The van der Waals surface area contributed by atoms with Crippen LogP contribution >= 0.6 is 0 Å². The number of rotatable bonds is 2. The summed E-state index contributed by atoms with van der Waals surface area (Å²) in [6.45, 7) is 2.02. The van der Waals surface area contributed by atoms with Crippen LogP contribution in [0.1, 0.15) is 19.3 Å². The molecular weight excluding hydrogens is 220 g/mol. The van der Waals surface area contributed by atoms with E-state index in [1.807, 2.05) is 12.1 Å². The fourth-order valence-electron chi connectivity index (χ4n) is 1.78. The Kier molecular flexibility index (Phi) is 4.96. The van der Waals surface area contributed by atoms with Gasteiger partial charge in [-0.3, -0.25) is 9.59 Å². The largest absolute Gasteiger partial charge is 0.340 e. The lowest BCUT2D eigenvalue weighted by molar-refractivity contribution is -0.132. The second-order valence-electron chi connectivity index (χ2n) is 3.78. The van der Waals surface area contributed by atoms with Crippen molar-refractivity contribution in [2.45, 2.75) is 19.3 Å². The van der Waals surface area contributed by atoms with Crippen LogP contribution in [-0.2, 0) is 9.59 Å². The van der Waals surface area contributed by atoms with Crippen LogP contribution in [0.3, 0.4) is 0 Å². The minimum atomic E-state index is -0.193. The zero-order chi connectivity index (χ0) is 12.7. The zero-order valence-corrected chi connectivity index (χ0v) is 9.56. The molecule has 2 amide bonds. The molecule has 1 rings (SSSR count). The molecule has 0 N–H and O–H groups in total. The SMILES string of the molecule is N#CCC(=O)N1CCCN(C(=O)CC#N)CC1. The molecule has 0 atom stereocenters. The Labute approximate surface area is 100 Å². The number of carbonyl (C=O) groups is 2. The van der Waals surface area contributed by atoms with E-state index < -0.39 is 0 Å². The Balaban J connectivity index is 2.51. The van der Waals surface area contributed by atoms with Crippen molar-refractivity contribution in [1.29, 1.82) is 10.5 Å². The van der Waals surface area contributed by atoms with Crippen LogP contribution in [0, 0.1) is 22.7 Å². The van der Waals surface area contributed by atoms with Gasteiger partial charge in [0.25, 0.3) is 0 Å². The molecule has 0 spiro atoms. The summed E-state index contributed by atoms with van der Waals surface area (Å²) < 4.78 is 0. The van der Waals surface area contributed by atoms with Crippen molar-refractivity contribution < 1.29 is 9.59 Å². The summed E-state index contributed by atoms with van der Waals surface area (Å²) in [5.74, 6) is -0.385. The van der Waals surface area contributed by atoms with Gasteiger partial charge in [0.15, 0.2) is 0 Å². The lowest BCUT2D eigenvalue weighted by Crippen LogP contribution is -2.37. The van der Waals surface area contributed by atoms with Gasteiger partial charge in [0.1, 0.15) is 12.8 Å². The molecule has 1 saturated heterocycles. The number of nitriles is 2. The van der Waals surface area contributed by atoms with Crippen molar-refractivity contribution in [2.75, 3.05) is 26.2 Å². The molecule has 1 heterocycles. The predicted octanol–water partition coefficient (Wildman–Crippen LogP) is -0.125. The average Bonchev–Trinajstić information content (AvgIpc) is 2.55. The first-order valence-corrected chi connectivity index (χ1v) is 5.48. The van der Waals surface area contributed by atoms with Gasteiger partial charge in [-0.05, 0) is 6.42 Å². The van der Waals surface area contributed by atoms with Gasteiger partial charge in [0.2, 0.25) is 11.8 Å². The number of hydrogen-bond acceptors (Lipinski definition) is 4. The standard InChI is InChI=1S/C11H14N4O2/c12-4-2-10(16)14-6-1-7-15(9-8-14)11(17)3-5-13/h1-3,6-9H2. The first-order valence-electron chi connectivity index (χ1n) is 5.48. The van der Waals surface area contributed by atoms with Crippen LogP contribution in [0.4, 0.5) is 0 Å². The number of carbonyl (C=O) groups excluding carboxylic acids is 2. The molecule has 0 radical (unpaired) electrons. The first kappa shape index (κ1) is 13.0. The first-order chi connectivity index (χ1) is 8.19. The summed E-state index contributed by atoms with van der Waals surface area (Å²) >= 11 is 0. The van der Waals surface area contributed by atoms with E-state index in [1.165, 1.54) is 0 Å². The average molecular weight is 234 g/mol. The summed E-state index contributed by atoms with van der Waals surface area (Å²) in [7, 11) is 0. The summed E-state index contributed by atoms with van der Waals surface area (Å²) in [5, 5.41) is 16.9. The third kappa shape index (κ3) is 3.76. The molecule has 6 heteroatoms. The maximum absolute atomic E-state index is 11.5. The summed E-state index contributed by atoms with van der Waals surface area (Å²) in [6, 6.07) is 3.65. The van der Waals surface area contributed by atoms with Crippen molar-refractivity contribution in [3.63, 3.8) is 0 Å². The Bertz CT molecular complexity index is 344. The smallest absolute Gasteiger partial charge is 0.236 e. The quantitative estimate of drug-likeness (QED) is 0.666. The minimum absolute atomic E-state index is 0.119. The third-order valence-electron chi connectivity index (χ3n) is 2.66. The molecule has 17 heavy (non-hydrogen) atoms. The number of hydrogen-bond donors (Lipinski definition) is 0. The second kappa shape index (κ2) is 6.49. The second-order valence-corrected chi connectivity index (χ2v) is 3.78. The van der Waals surface area contributed by atoms with Crippen LogP contribution in [0.25, 0.3) is 0 Å². The highest BCUT2D eigenvalue weighted by atomic mass is 16.2. The fraction of sp³-hybridized carbons (Fsp3) is 0.636. The Hall–Kier alpha value is -2.08. The molecule has 0 aromatic carbocycles. The highest BCUT2D eigenvalue weighted by Crippen LogP contribution is 2.06. The van der Waals surface area contributed by atoms with Crippen molar-refractivity contribution in [3.05, 3.63) is 0 Å². The molecule has 0 aromatic rings. The van der Waals surface area contributed by atoms with E-state index in [0.29, 0.717) is 32.6 Å². The lowest BCUT2D eigenvalue weighted by Gasteiger charge is -2.20. The van der Waals surface area contributed by atoms with Gasteiger partial charge >= 0.3 is 0 Å². The van der Waals surface area contributed by atoms with Crippen LogP contribution < -0.4 is 0 Å². The zero-order valence-electron chi connectivity index (χ0n) is 9.56. The molecule has 0 unspecified atom stereocenters. The molecule has 0 bridgehead atoms. The number of amides is 2. The topological polar surface area (TPSA) is 88.2 Å². The fourth-order valence-corrected chi connectivity index (χ4v) is 1.78. The van der Waals surface area contributed by atoms with Crippen LogP contribution in [0.2, 0.25) is 0 Å². The van der Waals surface area contributed by atoms with E-state index in [-0.39, 0.29) is 24.7 Å². The molecule has 6 nitrogen and oxygen atoms in total. The highest BCUT2D eigenvalue weighted by molar-refractivity contribution is 5.79. The van der Waals surface area contributed by atoms with E-state index in [2.05, 4.69) is 0 Å². The summed E-state index contributed by atoms with van der Waals surface area (Å²) in [5.41, 5.74) is 0. The molecule has 0 aliphatic carbocycles. The molecule has 1 aliphatic heterocycles. The molecule has 0 aromatic heterocycles. The van der Waals surface area contributed by atoms with E-state index in [0.717, 1.165) is 0 Å². The van der Waals surface area contributed by atoms with E-state index >= 15 is 0 Å². The number of nitrogens with zero attached hydrogens (tertiary/aromatic N) is 4. The normalized spacial score (nSPS) is 15.6. The van der Waals surface area contributed by atoms with Crippen molar-refractivity contribution >= 4 is 11.8 Å². The van der Waals surface area contributed by atoms with Crippen molar-refractivity contribution in [2.24, 2.45) is 0 Å². The highest BCUT2D eigenvalue weighted by Gasteiger charge is 2.21. The van der Waals surface area contributed by atoms with Crippen molar-refractivity contribution in [1.82, 2.24) is 9.80 Å². The van der Waals surface area contributed by atoms with E-state index in [1.54, 1.807) is 9.80 Å². The molecule has 1 aliphatic rings. The van der Waals surface area contributed by atoms with Gasteiger partial charge in [-0.1, -0.05) is 0 Å². The maximum atomic E-state index is 11.5. The Morgan fingerprint density at radius 2 is 1.29 bits per heavy atom. The van der Waals surface area contributed by atoms with Gasteiger partial charge in [0.05, 0.1) is 12.1 Å². The van der Waals surface area contributed by atoms with Crippen LogP contribution in [-0.4, -0.2) is 47.8 Å². The van der Waals surface area contributed by atoms with Gasteiger partial charge < -0.3 is 9.80 Å². The Morgan fingerprint density at radius 3 is 1.65 bits per heavy atom. The van der Waals surface area contributed by atoms with Gasteiger partial charge in [-0.2, -0.15) is 10.5 Å². The molecular formula is C11H14N4O2. The van der Waals surface area contributed by atoms with Gasteiger partial charge in [-0.15, -0.1) is 0 Å². The molecule has 90 valence electrons. The lowest BCUT2D eigenvalue weighted by atomic mass is 10.3. The molecule has 0 saturated carbocycles. The van der Waals surface area contributed by atoms with E-state index in [9.17, 15) is 9.59 Å². The maximum Gasteiger partial charge on any atom is 0.236 e. The summed E-state index contributed by atoms with van der Waals surface area (Å²) in [6.07, 6.45) is 0.451. The Morgan fingerprint density at radius 1 is 0.882 bits per heavy atom. The van der Waals surface area contributed by atoms with E-state index in [4.69, 9.17) is 10.5 Å². The van der Waals surface area contributed by atoms with Crippen LogP contribution in [0.5, 0.6) is 0 Å². The monoisotopic (exact) mass is 234 g/mol. The predicted molar refractivity (Wildman–Crippen MR) is 58.2 cm³/mol. The molecule has 1 fully saturated rings. The summed E-state index contributed by atoms with van der Waals surface area (Å²) in [4.78, 5) is 26.2. The van der Waals surface area contributed by atoms with Crippen molar-refractivity contribution in [3.8, 4) is 12.1 Å². The third-order valence-corrected chi connectivity index (χ3v) is 2.66. The van der Waals surface area contributed by atoms with Crippen LogP contribution in [0.15, 0.2) is 0 Å². The minimum Gasteiger partial charge on any atom is -0.340 e.